The molecule has 0 radical (unpaired) electrons. The van der Waals surface area contributed by atoms with Gasteiger partial charge in [0.05, 0.1) is 4.92 Å². The quantitative estimate of drug-likeness (QED) is 0.580. The van der Waals surface area contributed by atoms with Crippen LogP contribution in [0.2, 0.25) is 0 Å². The first-order valence-corrected chi connectivity index (χ1v) is 5.76. The summed E-state index contributed by atoms with van der Waals surface area (Å²) in [6.45, 7) is 7.62. The Morgan fingerprint density at radius 1 is 1.29 bits per heavy atom. The molecule has 0 aromatic heterocycles. The Labute approximate surface area is 102 Å². The summed E-state index contributed by atoms with van der Waals surface area (Å²) in [5, 5.41) is 10.5. The molecule has 0 aliphatic carbocycles. The summed E-state index contributed by atoms with van der Waals surface area (Å²) >= 11 is 0. The van der Waals surface area contributed by atoms with Crippen LogP contribution in [0, 0.1) is 10.1 Å². The lowest BCUT2D eigenvalue weighted by Crippen LogP contribution is -2.21. The summed E-state index contributed by atoms with van der Waals surface area (Å²) in [5.74, 6) is 0. The smallest absolute Gasteiger partial charge is 0.243 e. The second kappa shape index (κ2) is 6.03. The first-order chi connectivity index (χ1) is 8.08. The molecule has 0 bridgehead atoms. The standard InChI is InChI=1S/C13H18N2O2/c1-4-14(5-2)13-8-6-12(7-9-13)10-11(3)15(16)17/h6-10H,4-5H2,1-3H3. The normalized spacial score (nSPS) is 11.4. The van der Waals surface area contributed by atoms with Gasteiger partial charge in [-0.15, -0.1) is 0 Å². The summed E-state index contributed by atoms with van der Waals surface area (Å²) in [6, 6.07) is 7.79. The number of rotatable bonds is 5. The van der Waals surface area contributed by atoms with Gasteiger partial charge in [0.15, 0.2) is 0 Å². The lowest BCUT2D eigenvalue weighted by molar-refractivity contribution is -0.422. The van der Waals surface area contributed by atoms with E-state index < -0.39 is 0 Å². The molecule has 0 fully saturated rings. The van der Waals surface area contributed by atoms with Crippen LogP contribution in [0.4, 0.5) is 5.69 Å². The highest BCUT2D eigenvalue weighted by Gasteiger charge is 2.03. The van der Waals surface area contributed by atoms with Crippen molar-refractivity contribution in [3.05, 3.63) is 45.6 Å². The second-order valence-corrected chi connectivity index (χ2v) is 3.81. The Kier molecular flexibility index (Phi) is 4.69. The van der Waals surface area contributed by atoms with Crippen molar-refractivity contribution in [1.82, 2.24) is 0 Å². The zero-order valence-corrected chi connectivity index (χ0v) is 10.5. The fourth-order valence-corrected chi connectivity index (χ4v) is 1.66. The number of hydrogen-bond donors (Lipinski definition) is 0. The molecule has 0 aliphatic rings. The molecule has 1 rings (SSSR count). The van der Waals surface area contributed by atoms with Gasteiger partial charge in [-0.1, -0.05) is 12.1 Å². The molecule has 0 N–H and O–H groups in total. The van der Waals surface area contributed by atoms with E-state index in [1.807, 2.05) is 24.3 Å². The molecule has 1 aromatic carbocycles. The lowest BCUT2D eigenvalue weighted by atomic mass is 10.1. The molecule has 0 heterocycles. The molecule has 0 saturated carbocycles. The molecule has 1 aromatic rings. The van der Waals surface area contributed by atoms with E-state index in [0.29, 0.717) is 0 Å². The van der Waals surface area contributed by atoms with E-state index in [-0.39, 0.29) is 10.6 Å². The SMILES string of the molecule is CCN(CC)c1ccc(C=C(C)[N+](=O)[O-])cc1. The minimum absolute atomic E-state index is 0.153. The van der Waals surface area contributed by atoms with Gasteiger partial charge in [-0.25, -0.2) is 0 Å². The molecule has 92 valence electrons. The molecule has 0 atom stereocenters. The van der Waals surface area contributed by atoms with Gasteiger partial charge < -0.3 is 4.90 Å². The van der Waals surface area contributed by atoms with Crippen molar-refractivity contribution >= 4 is 11.8 Å². The maximum atomic E-state index is 10.5. The average Bonchev–Trinajstić information content (AvgIpc) is 2.32. The van der Waals surface area contributed by atoms with Gasteiger partial charge in [0.1, 0.15) is 0 Å². The molecule has 0 amide bonds. The number of allylic oxidation sites excluding steroid dienone is 1. The minimum atomic E-state index is -0.377. The molecular weight excluding hydrogens is 216 g/mol. The van der Waals surface area contributed by atoms with Crippen LogP contribution >= 0.6 is 0 Å². The number of nitrogens with zero attached hydrogens (tertiary/aromatic N) is 2. The highest BCUT2D eigenvalue weighted by molar-refractivity contribution is 5.56. The molecule has 0 unspecified atom stereocenters. The van der Waals surface area contributed by atoms with Gasteiger partial charge >= 0.3 is 0 Å². The van der Waals surface area contributed by atoms with Crippen LogP contribution in [0.25, 0.3) is 6.08 Å². The van der Waals surface area contributed by atoms with E-state index in [9.17, 15) is 10.1 Å². The third kappa shape index (κ3) is 3.59. The maximum absolute atomic E-state index is 10.5. The average molecular weight is 234 g/mol. The molecular formula is C13H18N2O2. The van der Waals surface area contributed by atoms with Gasteiger partial charge in [0.25, 0.3) is 0 Å². The number of anilines is 1. The van der Waals surface area contributed by atoms with E-state index in [1.165, 1.54) is 6.92 Å². The van der Waals surface area contributed by atoms with Crippen molar-refractivity contribution in [1.29, 1.82) is 0 Å². The van der Waals surface area contributed by atoms with Gasteiger partial charge in [0, 0.05) is 31.8 Å². The third-order valence-corrected chi connectivity index (χ3v) is 2.69. The van der Waals surface area contributed by atoms with E-state index in [4.69, 9.17) is 0 Å². The molecule has 4 nitrogen and oxygen atoms in total. The summed E-state index contributed by atoms with van der Waals surface area (Å²) in [4.78, 5) is 12.4. The maximum Gasteiger partial charge on any atom is 0.243 e. The zero-order chi connectivity index (χ0) is 12.8. The van der Waals surface area contributed by atoms with E-state index >= 15 is 0 Å². The Bertz CT molecular complexity index is 406. The Balaban J connectivity index is 2.88. The van der Waals surface area contributed by atoms with Crippen molar-refractivity contribution < 1.29 is 4.92 Å². The monoisotopic (exact) mass is 234 g/mol. The van der Waals surface area contributed by atoms with Crippen LogP contribution in [0.5, 0.6) is 0 Å². The summed E-state index contributed by atoms with van der Waals surface area (Å²) < 4.78 is 0. The Morgan fingerprint density at radius 3 is 2.24 bits per heavy atom. The van der Waals surface area contributed by atoms with Gasteiger partial charge in [-0.3, -0.25) is 10.1 Å². The summed E-state index contributed by atoms with van der Waals surface area (Å²) in [6.07, 6.45) is 1.58. The van der Waals surface area contributed by atoms with Crippen molar-refractivity contribution in [3.63, 3.8) is 0 Å². The molecule has 0 saturated heterocycles. The van der Waals surface area contributed by atoms with Gasteiger partial charge in [-0.05, 0) is 31.5 Å². The highest BCUT2D eigenvalue weighted by Crippen LogP contribution is 2.16. The van der Waals surface area contributed by atoms with Crippen molar-refractivity contribution in [2.45, 2.75) is 20.8 Å². The third-order valence-electron chi connectivity index (χ3n) is 2.69. The van der Waals surface area contributed by atoms with Crippen LogP contribution < -0.4 is 4.90 Å². The topological polar surface area (TPSA) is 46.4 Å². The van der Waals surface area contributed by atoms with Crippen LogP contribution in [0.3, 0.4) is 0 Å². The Hall–Kier alpha value is -1.84. The van der Waals surface area contributed by atoms with Gasteiger partial charge in [0.2, 0.25) is 5.70 Å². The van der Waals surface area contributed by atoms with Crippen molar-refractivity contribution in [3.8, 4) is 0 Å². The van der Waals surface area contributed by atoms with Crippen LogP contribution in [0.15, 0.2) is 30.0 Å². The van der Waals surface area contributed by atoms with Crippen LogP contribution in [0.1, 0.15) is 26.3 Å². The highest BCUT2D eigenvalue weighted by atomic mass is 16.6. The lowest BCUT2D eigenvalue weighted by Gasteiger charge is -2.20. The first-order valence-electron chi connectivity index (χ1n) is 5.76. The summed E-state index contributed by atoms with van der Waals surface area (Å²) in [7, 11) is 0. The predicted octanol–water partition coefficient (Wildman–Crippen LogP) is 3.17. The zero-order valence-electron chi connectivity index (χ0n) is 10.5. The number of nitro groups is 1. The summed E-state index contributed by atoms with van der Waals surface area (Å²) in [5.41, 5.74) is 2.15. The largest absolute Gasteiger partial charge is 0.372 e. The number of hydrogen-bond acceptors (Lipinski definition) is 3. The molecule has 0 spiro atoms. The molecule has 4 heteroatoms. The van der Waals surface area contributed by atoms with Crippen molar-refractivity contribution in [2.75, 3.05) is 18.0 Å². The Morgan fingerprint density at radius 2 is 1.82 bits per heavy atom. The van der Waals surface area contributed by atoms with Crippen LogP contribution in [-0.4, -0.2) is 18.0 Å². The fraction of sp³-hybridized carbons (Fsp3) is 0.385. The first kappa shape index (κ1) is 13.2. The van der Waals surface area contributed by atoms with Gasteiger partial charge in [-0.2, -0.15) is 0 Å². The fourth-order valence-electron chi connectivity index (χ4n) is 1.66. The second-order valence-electron chi connectivity index (χ2n) is 3.81. The van der Waals surface area contributed by atoms with Crippen LogP contribution in [-0.2, 0) is 0 Å². The predicted molar refractivity (Wildman–Crippen MR) is 70.6 cm³/mol. The van der Waals surface area contributed by atoms with E-state index in [1.54, 1.807) is 6.08 Å². The van der Waals surface area contributed by atoms with E-state index in [0.717, 1.165) is 24.3 Å². The number of benzene rings is 1. The minimum Gasteiger partial charge on any atom is -0.372 e. The van der Waals surface area contributed by atoms with E-state index in [2.05, 4.69) is 18.7 Å². The molecule has 17 heavy (non-hydrogen) atoms. The molecule has 0 aliphatic heterocycles. The van der Waals surface area contributed by atoms with Crippen molar-refractivity contribution in [2.24, 2.45) is 0 Å².